The van der Waals surface area contributed by atoms with E-state index in [1.165, 1.54) is 0 Å². The summed E-state index contributed by atoms with van der Waals surface area (Å²) in [5.41, 5.74) is 1.76. The molecule has 170 valence electrons. The zero-order chi connectivity index (χ0) is 22.9. The fourth-order valence-electron chi connectivity index (χ4n) is 4.41. The monoisotopic (exact) mass is 453 g/mol. The number of rotatable bonds is 3. The smallest absolute Gasteiger partial charge is 0.267 e. The second kappa shape index (κ2) is 8.62. The van der Waals surface area contributed by atoms with Crippen LogP contribution < -0.4 is 14.4 Å². The molecule has 4 aromatic rings. The first-order valence-corrected chi connectivity index (χ1v) is 11.4. The number of fused-ring (bicyclic) bond motifs is 2. The lowest BCUT2D eigenvalue weighted by molar-refractivity contribution is -0.141. The minimum atomic E-state index is -0.626. The van der Waals surface area contributed by atoms with Gasteiger partial charge in [-0.2, -0.15) is 0 Å². The number of hydrogen-bond acceptors (Lipinski definition) is 7. The maximum absolute atomic E-state index is 13.1. The average molecular weight is 454 g/mol. The average Bonchev–Trinajstić information content (AvgIpc) is 2.92. The minimum absolute atomic E-state index is 0.0438. The van der Waals surface area contributed by atoms with Crippen LogP contribution in [0.5, 0.6) is 11.5 Å². The number of ether oxygens (including phenoxy) is 2. The van der Waals surface area contributed by atoms with E-state index in [1.54, 1.807) is 12.4 Å². The lowest BCUT2D eigenvalue weighted by atomic mass is 10.1. The molecule has 2 aromatic carbocycles. The van der Waals surface area contributed by atoms with Gasteiger partial charge in [0.25, 0.3) is 5.91 Å². The Morgan fingerprint density at radius 1 is 0.882 bits per heavy atom. The van der Waals surface area contributed by atoms with Crippen LogP contribution in [-0.2, 0) is 4.79 Å². The van der Waals surface area contributed by atoms with Crippen molar-refractivity contribution in [3.05, 3.63) is 73.1 Å². The Morgan fingerprint density at radius 3 is 2.50 bits per heavy atom. The third kappa shape index (κ3) is 3.77. The number of aromatic nitrogens is 3. The molecule has 4 heterocycles. The number of hydrogen-bond donors (Lipinski definition) is 0. The quantitative estimate of drug-likeness (QED) is 0.471. The van der Waals surface area contributed by atoms with Crippen molar-refractivity contribution < 1.29 is 14.3 Å². The van der Waals surface area contributed by atoms with Crippen LogP contribution in [-0.4, -0.2) is 64.6 Å². The van der Waals surface area contributed by atoms with Gasteiger partial charge in [-0.05, 0) is 36.4 Å². The number of pyridine rings is 1. The van der Waals surface area contributed by atoms with Crippen LogP contribution >= 0.6 is 0 Å². The predicted molar refractivity (Wildman–Crippen MR) is 128 cm³/mol. The molecule has 1 atom stereocenters. The number of carbonyl (C=O) groups is 1. The summed E-state index contributed by atoms with van der Waals surface area (Å²) in [5, 5.41) is 0.996. The molecule has 0 bridgehead atoms. The summed E-state index contributed by atoms with van der Waals surface area (Å²) in [7, 11) is 0. The predicted octanol–water partition coefficient (Wildman–Crippen LogP) is 3.18. The van der Waals surface area contributed by atoms with Crippen LogP contribution in [0.15, 0.2) is 73.1 Å². The van der Waals surface area contributed by atoms with Crippen molar-refractivity contribution in [2.24, 2.45) is 0 Å². The number of carbonyl (C=O) groups excluding carboxylic acids is 1. The minimum Gasteiger partial charge on any atom is -0.485 e. The Balaban J connectivity index is 1.21. The number of amides is 1. The van der Waals surface area contributed by atoms with Crippen LogP contribution in [0.1, 0.15) is 0 Å². The van der Waals surface area contributed by atoms with E-state index < -0.39 is 6.10 Å². The van der Waals surface area contributed by atoms with Gasteiger partial charge >= 0.3 is 0 Å². The molecule has 1 fully saturated rings. The van der Waals surface area contributed by atoms with Crippen LogP contribution in [0.2, 0.25) is 0 Å². The van der Waals surface area contributed by atoms with Gasteiger partial charge in [0.2, 0.25) is 6.10 Å². The lowest BCUT2D eigenvalue weighted by Crippen LogP contribution is -2.54. The summed E-state index contributed by atoms with van der Waals surface area (Å²) in [5.74, 6) is 2.77. The third-order valence-corrected chi connectivity index (χ3v) is 6.18. The van der Waals surface area contributed by atoms with Crippen molar-refractivity contribution in [1.29, 1.82) is 0 Å². The lowest BCUT2D eigenvalue weighted by Gasteiger charge is -2.38. The summed E-state index contributed by atoms with van der Waals surface area (Å²) in [6.45, 7) is 2.73. The Bertz CT molecular complexity index is 1340. The number of para-hydroxylation sites is 3. The molecule has 8 nitrogen and oxygen atoms in total. The van der Waals surface area contributed by atoms with Gasteiger partial charge in [-0.3, -0.25) is 9.78 Å². The molecule has 8 heteroatoms. The molecule has 0 spiro atoms. The fraction of sp³-hybridized carbons (Fsp3) is 0.231. The summed E-state index contributed by atoms with van der Waals surface area (Å²) in [6, 6.07) is 19.3. The van der Waals surface area contributed by atoms with E-state index in [9.17, 15) is 4.79 Å². The molecule has 2 aliphatic heterocycles. The van der Waals surface area contributed by atoms with Crippen LogP contribution in [0.3, 0.4) is 0 Å². The van der Waals surface area contributed by atoms with Crippen molar-refractivity contribution in [3.8, 4) is 22.9 Å². The molecule has 0 aliphatic carbocycles. The Kier molecular flexibility index (Phi) is 5.18. The number of piperazine rings is 1. The second-order valence-corrected chi connectivity index (χ2v) is 8.31. The van der Waals surface area contributed by atoms with Crippen molar-refractivity contribution in [2.75, 3.05) is 37.7 Å². The molecule has 1 unspecified atom stereocenters. The van der Waals surface area contributed by atoms with E-state index in [0.717, 1.165) is 22.3 Å². The third-order valence-electron chi connectivity index (χ3n) is 6.18. The van der Waals surface area contributed by atoms with Gasteiger partial charge in [-0.15, -0.1) is 0 Å². The van der Waals surface area contributed by atoms with Crippen molar-refractivity contribution >= 4 is 22.6 Å². The largest absolute Gasteiger partial charge is 0.485 e. The molecular weight excluding hydrogens is 430 g/mol. The van der Waals surface area contributed by atoms with Crippen LogP contribution in [0.4, 0.5) is 5.82 Å². The standard InChI is InChI=1S/C26H23N5O3/c32-26(23-17-33-21-9-3-4-10-22(21)34-23)31-14-12-30(13-15-31)25-19-7-1-2-8-20(19)28-24(29-25)18-6-5-11-27-16-18/h1-11,16,23H,12-15,17H2. The van der Waals surface area contributed by atoms with Gasteiger partial charge in [-0.1, -0.05) is 24.3 Å². The van der Waals surface area contributed by atoms with Gasteiger partial charge in [0.1, 0.15) is 12.4 Å². The molecule has 0 N–H and O–H groups in total. The molecule has 1 amide bonds. The maximum atomic E-state index is 13.1. The molecule has 0 radical (unpaired) electrons. The topological polar surface area (TPSA) is 80.7 Å². The van der Waals surface area contributed by atoms with E-state index >= 15 is 0 Å². The first kappa shape index (κ1) is 20.4. The SMILES string of the molecule is O=C(C1COc2ccccc2O1)N1CCN(c2nc(-c3cccnc3)nc3ccccc23)CC1. The maximum Gasteiger partial charge on any atom is 0.267 e. The summed E-state index contributed by atoms with van der Waals surface area (Å²) < 4.78 is 11.7. The van der Waals surface area contributed by atoms with Crippen molar-refractivity contribution in [1.82, 2.24) is 19.9 Å². The van der Waals surface area contributed by atoms with E-state index in [2.05, 4.69) is 9.88 Å². The highest BCUT2D eigenvalue weighted by molar-refractivity contribution is 5.91. The Labute approximate surface area is 196 Å². The second-order valence-electron chi connectivity index (χ2n) is 8.31. The number of benzene rings is 2. The highest BCUT2D eigenvalue weighted by atomic mass is 16.6. The van der Waals surface area contributed by atoms with Gasteiger partial charge in [0, 0.05) is 49.5 Å². The van der Waals surface area contributed by atoms with Crippen LogP contribution in [0.25, 0.3) is 22.3 Å². The van der Waals surface area contributed by atoms with E-state index in [0.29, 0.717) is 43.5 Å². The normalized spacial score (nSPS) is 17.6. The van der Waals surface area contributed by atoms with Crippen molar-refractivity contribution in [2.45, 2.75) is 6.10 Å². The first-order chi connectivity index (χ1) is 16.8. The number of nitrogens with zero attached hydrogens (tertiary/aromatic N) is 5. The van der Waals surface area contributed by atoms with Gasteiger partial charge < -0.3 is 19.3 Å². The number of anilines is 1. The van der Waals surface area contributed by atoms with E-state index in [1.807, 2.05) is 65.6 Å². The first-order valence-electron chi connectivity index (χ1n) is 11.4. The van der Waals surface area contributed by atoms with Gasteiger partial charge in [0.05, 0.1) is 5.52 Å². The summed E-state index contributed by atoms with van der Waals surface area (Å²) in [4.78, 5) is 31.1. The van der Waals surface area contributed by atoms with Crippen LogP contribution in [0, 0.1) is 0 Å². The molecule has 2 aliphatic rings. The van der Waals surface area contributed by atoms with E-state index in [-0.39, 0.29) is 12.5 Å². The molecule has 34 heavy (non-hydrogen) atoms. The molecule has 1 saturated heterocycles. The Morgan fingerprint density at radius 2 is 1.68 bits per heavy atom. The highest BCUT2D eigenvalue weighted by Crippen LogP contribution is 2.32. The zero-order valence-corrected chi connectivity index (χ0v) is 18.5. The van der Waals surface area contributed by atoms with Gasteiger partial charge in [0.15, 0.2) is 17.3 Å². The fourth-order valence-corrected chi connectivity index (χ4v) is 4.41. The molecule has 6 rings (SSSR count). The zero-order valence-electron chi connectivity index (χ0n) is 18.5. The van der Waals surface area contributed by atoms with Crippen molar-refractivity contribution in [3.63, 3.8) is 0 Å². The summed E-state index contributed by atoms with van der Waals surface area (Å²) in [6.07, 6.45) is 2.88. The molecule has 0 saturated carbocycles. The van der Waals surface area contributed by atoms with Gasteiger partial charge in [-0.25, -0.2) is 9.97 Å². The van der Waals surface area contributed by atoms with E-state index in [4.69, 9.17) is 19.4 Å². The summed E-state index contributed by atoms with van der Waals surface area (Å²) >= 11 is 0. The molecule has 2 aromatic heterocycles. The Hall–Kier alpha value is -4.20. The highest BCUT2D eigenvalue weighted by Gasteiger charge is 2.33. The molecular formula is C26H23N5O3.